The van der Waals surface area contributed by atoms with Gasteiger partial charge in [-0.15, -0.1) is 0 Å². The lowest BCUT2D eigenvalue weighted by atomic mass is 10.2. The Labute approximate surface area is 127 Å². The quantitative estimate of drug-likeness (QED) is 0.764. The van der Waals surface area contributed by atoms with Crippen LogP contribution in [0.2, 0.25) is 0 Å². The van der Waals surface area contributed by atoms with E-state index in [1.54, 1.807) is 12.1 Å². The number of ether oxygens (including phenoxy) is 1. The molecule has 0 saturated heterocycles. The van der Waals surface area contributed by atoms with Gasteiger partial charge in [0.2, 0.25) is 5.95 Å². The molecule has 0 atom stereocenters. The summed E-state index contributed by atoms with van der Waals surface area (Å²) < 4.78 is 34.3. The van der Waals surface area contributed by atoms with E-state index in [0.29, 0.717) is 16.8 Å². The highest BCUT2D eigenvalue weighted by molar-refractivity contribution is 9.10. The highest BCUT2D eigenvalue weighted by atomic mass is 79.9. The van der Waals surface area contributed by atoms with Crippen LogP contribution >= 0.6 is 15.9 Å². The summed E-state index contributed by atoms with van der Waals surface area (Å²) in [4.78, 5) is 4.21. The third kappa shape index (κ3) is 2.33. The largest absolute Gasteiger partial charge is 0.494 e. The number of nitrogen functional groups attached to an aromatic ring is 1. The molecule has 0 bridgehead atoms. The van der Waals surface area contributed by atoms with Crippen LogP contribution in [0.25, 0.3) is 16.7 Å². The Morgan fingerprint density at radius 1 is 1.14 bits per heavy atom. The second kappa shape index (κ2) is 5.00. The summed E-state index contributed by atoms with van der Waals surface area (Å²) in [6, 6.07) is 6.67. The van der Waals surface area contributed by atoms with Crippen molar-refractivity contribution in [1.82, 2.24) is 9.55 Å². The number of nitrogens with two attached hydrogens (primary N) is 1. The summed E-state index contributed by atoms with van der Waals surface area (Å²) >= 11 is 3.36. The number of imidazole rings is 1. The zero-order chi connectivity index (χ0) is 15.1. The number of rotatable bonds is 2. The minimum absolute atomic E-state index is 0.117. The molecular weight excluding hydrogens is 344 g/mol. The molecular formula is C14H10BrF2N3O. The number of aromatic nitrogens is 2. The highest BCUT2D eigenvalue weighted by Crippen LogP contribution is 2.33. The summed E-state index contributed by atoms with van der Waals surface area (Å²) in [6.45, 7) is 0. The molecule has 0 amide bonds. The molecule has 0 unspecified atom stereocenters. The van der Waals surface area contributed by atoms with E-state index in [9.17, 15) is 8.78 Å². The van der Waals surface area contributed by atoms with Crippen LogP contribution in [0, 0.1) is 11.6 Å². The van der Waals surface area contributed by atoms with E-state index >= 15 is 0 Å². The molecule has 2 N–H and O–H groups in total. The SMILES string of the molecule is COc1cc(Br)cc2c1nc(N)n2-c1cc(F)cc(F)c1. The van der Waals surface area contributed by atoms with Crippen LogP contribution in [0.4, 0.5) is 14.7 Å². The smallest absolute Gasteiger partial charge is 0.206 e. The van der Waals surface area contributed by atoms with Gasteiger partial charge in [-0.25, -0.2) is 13.8 Å². The first kappa shape index (κ1) is 13.8. The predicted octanol–water partition coefficient (Wildman–Crippen LogP) is 3.66. The summed E-state index contributed by atoms with van der Waals surface area (Å²) in [5.41, 5.74) is 7.26. The Balaban J connectivity index is 2.37. The van der Waals surface area contributed by atoms with Gasteiger partial charge in [0, 0.05) is 10.5 Å². The van der Waals surface area contributed by atoms with Crippen LogP contribution in [0.15, 0.2) is 34.8 Å². The third-order valence-corrected chi connectivity index (χ3v) is 3.50. The van der Waals surface area contributed by atoms with Crippen LogP contribution in [-0.4, -0.2) is 16.7 Å². The summed E-state index contributed by atoms with van der Waals surface area (Å²) in [5, 5.41) is 0. The standard InChI is InChI=1S/C14H10BrF2N3O/c1-21-12-3-7(15)2-11-13(12)19-14(18)20(11)10-5-8(16)4-9(17)6-10/h2-6H,1H3,(H2,18,19). The van der Waals surface area contributed by atoms with Gasteiger partial charge in [-0.1, -0.05) is 15.9 Å². The van der Waals surface area contributed by atoms with Crippen molar-refractivity contribution < 1.29 is 13.5 Å². The van der Waals surface area contributed by atoms with Crippen LogP contribution in [0.5, 0.6) is 5.75 Å². The molecule has 0 aliphatic heterocycles. The molecule has 3 aromatic rings. The Hall–Kier alpha value is -2.15. The summed E-state index contributed by atoms with van der Waals surface area (Å²) in [5.74, 6) is -0.741. The fraction of sp³-hybridized carbons (Fsp3) is 0.0714. The van der Waals surface area contributed by atoms with Gasteiger partial charge < -0.3 is 10.5 Å². The van der Waals surface area contributed by atoms with Gasteiger partial charge in [0.25, 0.3) is 0 Å². The molecule has 0 saturated carbocycles. The van der Waals surface area contributed by atoms with Crippen molar-refractivity contribution in [2.45, 2.75) is 0 Å². The number of hydrogen-bond acceptors (Lipinski definition) is 3. The van der Waals surface area contributed by atoms with Crippen molar-refractivity contribution in [3.8, 4) is 11.4 Å². The molecule has 1 heterocycles. The van der Waals surface area contributed by atoms with Crippen molar-refractivity contribution in [2.24, 2.45) is 0 Å². The second-order valence-electron chi connectivity index (χ2n) is 4.41. The first-order chi connectivity index (χ1) is 9.99. The van der Waals surface area contributed by atoms with E-state index in [1.807, 2.05) is 0 Å². The van der Waals surface area contributed by atoms with Gasteiger partial charge in [-0.2, -0.15) is 0 Å². The molecule has 2 aromatic carbocycles. The number of anilines is 1. The van der Waals surface area contributed by atoms with E-state index in [-0.39, 0.29) is 11.6 Å². The topological polar surface area (TPSA) is 53.1 Å². The van der Waals surface area contributed by atoms with Crippen molar-refractivity contribution in [3.63, 3.8) is 0 Å². The number of halogens is 3. The van der Waals surface area contributed by atoms with E-state index in [1.165, 1.54) is 23.8 Å². The first-order valence-corrected chi connectivity index (χ1v) is 6.77. The fourth-order valence-corrected chi connectivity index (χ4v) is 2.65. The van der Waals surface area contributed by atoms with Crippen molar-refractivity contribution in [2.75, 3.05) is 12.8 Å². The number of methoxy groups -OCH3 is 1. The van der Waals surface area contributed by atoms with Crippen molar-refractivity contribution in [3.05, 3.63) is 46.4 Å². The number of hydrogen-bond donors (Lipinski definition) is 1. The van der Waals surface area contributed by atoms with Gasteiger partial charge in [0.1, 0.15) is 22.9 Å². The van der Waals surface area contributed by atoms with Crippen LogP contribution in [0.1, 0.15) is 0 Å². The predicted molar refractivity (Wildman–Crippen MR) is 79.7 cm³/mol. The van der Waals surface area contributed by atoms with E-state index in [2.05, 4.69) is 20.9 Å². The minimum atomic E-state index is -0.687. The number of fused-ring (bicyclic) bond motifs is 1. The average Bonchev–Trinajstić information content (AvgIpc) is 2.72. The zero-order valence-corrected chi connectivity index (χ0v) is 12.5. The van der Waals surface area contributed by atoms with E-state index in [0.717, 1.165) is 10.5 Å². The summed E-state index contributed by atoms with van der Waals surface area (Å²) in [7, 11) is 1.51. The minimum Gasteiger partial charge on any atom is -0.494 e. The van der Waals surface area contributed by atoms with Gasteiger partial charge in [-0.05, 0) is 24.3 Å². The Morgan fingerprint density at radius 2 is 1.81 bits per heavy atom. The maximum Gasteiger partial charge on any atom is 0.206 e. The average molecular weight is 354 g/mol. The molecule has 108 valence electrons. The molecule has 0 radical (unpaired) electrons. The first-order valence-electron chi connectivity index (χ1n) is 5.97. The molecule has 21 heavy (non-hydrogen) atoms. The maximum absolute atomic E-state index is 13.4. The molecule has 7 heteroatoms. The lowest BCUT2D eigenvalue weighted by Gasteiger charge is -2.08. The van der Waals surface area contributed by atoms with Crippen LogP contribution in [0.3, 0.4) is 0 Å². The Kier molecular flexibility index (Phi) is 3.29. The normalized spacial score (nSPS) is 11.0. The molecule has 0 fully saturated rings. The van der Waals surface area contributed by atoms with Crippen LogP contribution < -0.4 is 10.5 Å². The summed E-state index contributed by atoms with van der Waals surface area (Å²) in [6.07, 6.45) is 0. The number of nitrogens with zero attached hydrogens (tertiary/aromatic N) is 2. The lowest BCUT2D eigenvalue weighted by Crippen LogP contribution is -2.01. The monoisotopic (exact) mass is 353 g/mol. The van der Waals surface area contributed by atoms with Gasteiger partial charge in [0.15, 0.2) is 0 Å². The van der Waals surface area contributed by atoms with Gasteiger partial charge >= 0.3 is 0 Å². The zero-order valence-electron chi connectivity index (χ0n) is 10.9. The maximum atomic E-state index is 13.4. The van der Waals surface area contributed by atoms with Gasteiger partial charge in [0.05, 0.1) is 18.3 Å². The molecule has 3 rings (SSSR count). The van der Waals surface area contributed by atoms with Crippen LogP contribution in [-0.2, 0) is 0 Å². The van der Waals surface area contributed by atoms with E-state index < -0.39 is 11.6 Å². The molecule has 4 nitrogen and oxygen atoms in total. The highest BCUT2D eigenvalue weighted by Gasteiger charge is 2.16. The third-order valence-electron chi connectivity index (χ3n) is 3.04. The fourth-order valence-electron chi connectivity index (χ4n) is 2.23. The molecule has 0 aliphatic rings. The lowest BCUT2D eigenvalue weighted by molar-refractivity contribution is 0.419. The molecule has 1 aromatic heterocycles. The van der Waals surface area contributed by atoms with Crippen molar-refractivity contribution >= 4 is 32.9 Å². The Bertz CT molecular complexity index is 828. The second-order valence-corrected chi connectivity index (χ2v) is 5.32. The van der Waals surface area contributed by atoms with Gasteiger partial charge in [-0.3, -0.25) is 4.57 Å². The van der Waals surface area contributed by atoms with Crippen molar-refractivity contribution in [1.29, 1.82) is 0 Å². The Morgan fingerprint density at radius 3 is 2.43 bits per heavy atom. The molecule has 0 aliphatic carbocycles. The number of benzene rings is 2. The van der Waals surface area contributed by atoms with E-state index in [4.69, 9.17) is 10.5 Å². The molecule has 0 spiro atoms.